The number of amides is 1. The summed E-state index contributed by atoms with van der Waals surface area (Å²) in [5, 5.41) is 1.21. The molecule has 1 saturated heterocycles. The van der Waals surface area contributed by atoms with Crippen molar-refractivity contribution in [3.05, 3.63) is 101 Å². The standard InChI is InChI=1S/C28H26N2O3/c1-19-9-8-12-22(17-19)30-16-15-29(18-20(30)2)27(31)26-25(21-10-4-3-5-11-21)23-13-6-7-14-24(23)28(32)33-26/h3-14,17,20H,15-16,18H2,1-2H3. The summed E-state index contributed by atoms with van der Waals surface area (Å²) in [7, 11) is 0. The summed E-state index contributed by atoms with van der Waals surface area (Å²) >= 11 is 0. The lowest BCUT2D eigenvalue weighted by atomic mass is 9.97. The third kappa shape index (κ3) is 3.91. The summed E-state index contributed by atoms with van der Waals surface area (Å²) in [4.78, 5) is 30.6. The molecular weight excluding hydrogens is 412 g/mol. The second-order valence-corrected chi connectivity index (χ2v) is 8.64. The second-order valence-electron chi connectivity index (χ2n) is 8.64. The summed E-state index contributed by atoms with van der Waals surface area (Å²) in [5.41, 5.74) is 3.41. The van der Waals surface area contributed by atoms with E-state index in [-0.39, 0.29) is 17.7 Å². The zero-order chi connectivity index (χ0) is 22.9. The third-order valence-electron chi connectivity index (χ3n) is 6.34. The molecule has 1 aromatic heterocycles. The predicted molar refractivity (Wildman–Crippen MR) is 132 cm³/mol. The largest absolute Gasteiger partial charge is 0.416 e. The van der Waals surface area contributed by atoms with Crippen LogP contribution in [0.4, 0.5) is 5.69 Å². The Morgan fingerprint density at radius 1 is 0.909 bits per heavy atom. The van der Waals surface area contributed by atoms with E-state index < -0.39 is 5.63 Å². The molecule has 2 heterocycles. The first-order valence-electron chi connectivity index (χ1n) is 11.3. The molecule has 1 fully saturated rings. The van der Waals surface area contributed by atoms with E-state index in [4.69, 9.17) is 4.42 Å². The Labute approximate surface area is 192 Å². The number of carbonyl (C=O) groups excluding carboxylic acids is 1. The van der Waals surface area contributed by atoms with Gasteiger partial charge in [-0.3, -0.25) is 4.79 Å². The van der Waals surface area contributed by atoms with Gasteiger partial charge in [0.15, 0.2) is 0 Å². The highest BCUT2D eigenvalue weighted by Crippen LogP contribution is 2.32. The van der Waals surface area contributed by atoms with Crippen LogP contribution >= 0.6 is 0 Å². The van der Waals surface area contributed by atoms with Crippen LogP contribution < -0.4 is 10.5 Å². The van der Waals surface area contributed by atoms with Crippen molar-refractivity contribution in [3.8, 4) is 11.1 Å². The van der Waals surface area contributed by atoms with Crippen molar-refractivity contribution in [2.24, 2.45) is 0 Å². The minimum Gasteiger partial charge on any atom is -0.416 e. The van der Waals surface area contributed by atoms with E-state index in [0.29, 0.717) is 24.0 Å². The number of nitrogens with zero attached hydrogens (tertiary/aromatic N) is 2. The molecule has 33 heavy (non-hydrogen) atoms. The lowest BCUT2D eigenvalue weighted by molar-refractivity contribution is 0.0691. The summed E-state index contributed by atoms with van der Waals surface area (Å²) in [6.45, 7) is 6.03. The van der Waals surface area contributed by atoms with E-state index in [0.717, 1.165) is 23.2 Å². The van der Waals surface area contributed by atoms with Crippen LogP contribution in [0.1, 0.15) is 23.0 Å². The molecule has 1 atom stereocenters. The normalized spacial score (nSPS) is 16.2. The Balaban J connectivity index is 1.52. The van der Waals surface area contributed by atoms with Crippen LogP contribution in [-0.4, -0.2) is 36.5 Å². The molecule has 3 aromatic carbocycles. The van der Waals surface area contributed by atoms with Gasteiger partial charge < -0.3 is 14.2 Å². The molecule has 0 N–H and O–H groups in total. The van der Waals surface area contributed by atoms with E-state index in [9.17, 15) is 9.59 Å². The number of aryl methyl sites for hydroxylation is 1. The zero-order valence-electron chi connectivity index (χ0n) is 18.8. The fourth-order valence-electron chi connectivity index (χ4n) is 4.72. The molecule has 5 heteroatoms. The van der Waals surface area contributed by atoms with Gasteiger partial charge in [-0.1, -0.05) is 60.7 Å². The van der Waals surface area contributed by atoms with Crippen LogP contribution in [0.5, 0.6) is 0 Å². The molecule has 5 rings (SSSR count). The number of carbonyl (C=O) groups is 1. The topological polar surface area (TPSA) is 53.8 Å². The lowest BCUT2D eigenvalue weighted by Crippen LogP contribution is -2.54. The van der Waals surface area contributed by atoms with Crippen LogP contribution in [0.2, 0.25) is 0 Å². The number of fused-ring (bicyclic) bond motifs is 1. The molecule has 1 aliphatic rings. The number of anilines is 1. The van der Waals surface area contributed by atoms with Crippen LogP contribution in [0.15, 0.2) is 88.1 Å². The van der Waals surface area contributed by atoms with Crippen molar-refractivity contribution in [2.45, 2.75) is 19.9 Å². The van der Waals surface area contributed by atoms with Crippen molar-refractivity contribution in [2.75, 3.05) is 24.5 Å². The molecular formula is C28H26N2O3. The average Bonchev–Trinajstić information content (AvgIpc) is 2.84. The number of hydrogen-bond acceptors (Lipinski definition) is 4. The molecule has 0 bridgehead atoms. The van der Waals surface area contributed by atoms with Gasteiger partial charge in [-0.05, 0) is 43.2 Å². The Morgan fingerprint density at radius 2 is 1.64 bits per heavy atom. The van der Waals surface area contributed by atoms with Crippen LogP contribution in [0.25, 0.3) is 21.9 Å². The van der Waals surface area contributed by atoms with Crippen molar-refractivity contribution < 1.29 is 9.21 Å². The monoisotopic (exact) mass is 438 g/mol. The average molecular weight is 439 g/mol. The highest BCUT2D eigenvalue weighted by atomic mass is 16.4. The summed E-state index contributed by atoms with van der Waals surface area (Å²) < 4.78 is 5.69. The minimum absolute atomic E-state index is 0.112. The fraction of sp³-hybridized carbons (Fsp3) is 0.214. The Bertz CT molecular complexity index is 1380. The maximum absolute atomic E-state index is 13.7. The van der Waals surface area contributed by atoms with Gasteiger partial charge in [0, 0.05) is 42.3 Å². The minimum atomic E-state index is -0.486. The van der Waals surface area contributed by atoms with Crippen LogP contribution in [0, 0.1) is 6.92 Å². The predicted octanol–water partition coefficient (Wildman–Crippen LogP) is 5.12. The molecule has 166 valence electrons. The molecule has 1 unspecified atom stereocenters. The Hall–Kier alpha value is -3.86. The van der Waals surface area contributed by atoms with Gasteiger partial charge in [0.2, 0.25) is 5.76 Å². The molecule has 4 aromatic rings. The third-order valence-corrected chi connectivity index (χ3v) is 6.34. The molecule has 0 spiro atoms. The molecule has 5 nitrogen and oxygen atoms in total. The van der Waals surface area contributed by atoms with Crippen molar-refractivity contribution in [3.63, 3.8) is 0 Å². The van der Waals surface area contributed by atoms with Crippen molar-refractivity contribution >= 4 is 22.4 Å². The van der Waals surface area contributed by atoms with E-state index in [1.807, 2.05) is 48.5 Å². The number of piperazine rings is 1. The molecule has 1 aliphatic heterocycles. The van der Waals surface area contributed by atoms with Crippen molar-refractivity contribution in [1.82, 2.24) is 4.90 Å². The van der Waals surface area contributed by atoms with Crippen LogP contribution in [-0.2, 0) is 0 Å². The number of rotatable bonds is 3. The van der Waals surface area contributed by atoms with Crippen LogP contribution in [0.3, 0.4) is 0 Å². The van der Waals surface area contributed by atoms with Gasteiger partial charge >= 0.3 is 5.63 Å². The number of hydrogen-bond donors (Lipinski definition) is 0. The maximum Gasteiger partial charge on any atom is 0.344 e. The Morgan fingerprint density at radius 3 is 2.36 bits per heavy atom. The van der Waals surface area contributed by atoms with E-state index in [1.165, 1.54) is 5.56 Å². The van der Waals surface area contributed by atoms with Crippen molar-refractivity contribution in [1.29, 1.82) is 0 Å². The molecule has 0 radical (unpaired) electrons. The van der Waals surface area contributed by atoms with Gasteiger partial charge in [-0.2, -0.15) is 0 Å². The highest BCUT2D eigenvalue weighted by Gasteiger charge is 2.31. The Kier molecular flexibility index (Phi) is 5.47. The SMILES string of the molecule is Cc1cccc(N2CCN(C(=O)c3oc(=O)c4ccccc4c3-c3ccccc3)CC2C)c1. The summed E-state index contributed by atoms with van der Waals surface area (Å²) in [5.74, 6) is -0.131. The van der Waals surface area contributed by atoms with E-state index >= 15 is 0 Å². The smallest absolute Gasteiger partial charge is 0.344 e. The first-order chi connectivity index (χ1) is 16.0. The number of benzene rings is 3. The second kappa shape index (κ2) is 8.58. The lowest BCUT2D eigenvalue weighted by Gasteiger charge is -2.41. The maximum atomic E-state index is 13.7. The molecule has 0 saturated carbocycles. The summed E-state index contributed by atoms with van der Waals surface area (Å²) in [6.07, 6.45) is 0. The highest BCUT2D eigenvalue weighted by molar-refractivity contribution is 6.07. The molecule has 1 amide bonds. The van der Waals surface area contributed by atoms with E-state index in [1.54, 1.807) is 11.0 Å². The van der Waals surface area contributed by atoms with E-state index in [2.05, 4.69) is 43.0 Å². The summed E-state index contributed by atoms with van der Waals surface area (Å²) in [6, 6.07) is 25.5. The quantitative estimate of drug-likeness (QED) is 0.446. The zero-order valence-corrected chi connectivity index (χ0v) is 18.8. The van der Waals surface area contributed by atoms with Gasteiger partial charge in [-0.25, -0.2) is 4.79 Å². The fourth-order valence-corrected chi connectivity index (χ4v) is 4.72. The van der Waals surface area contributed by atoms with Gasteiger partial charge in [0.1, 0.15) is 0 Å². The molecule has 0 aliphatic carbocycles. The van der Waals surface area contributed by atoms with Gasteiger partial charge in [0.05, 0.1) is 5.39 Å². The van der Waals surface area contributed by atoms with Gasteiger partial charge in [-0.15, -0.1) is 0 Å². The van der Waals surface area contributed by atoms with Gasteiger partial charge in [0.25, 0.3) is 5.91 Å². The first-order valence-corrected chi connectivity index (χ1v) is 11.3. The first kappa shape index (κ1) is 21.0.